The minimum Gasteiger partial charge on any atom is -0.488 e. The van der Waals surface area contributed by atoms with Crippen LogP contribution in [-0.2, 0) is 15.1 Å². The van der Waals surface area contributed by atoms with E-state index in [1.165, 1.54) is 0 Å². The minimum atomic E-state index is -1.30. The summed E-state index contributed by atoms with van der Waals surface area (Å²) in [7, 11) is 0. The molecule has 1 saturated heterocycles. The van der Waals surface area contributed by atoms with Gasteiger partial charge in [-0.3, -0.25) is 0 Å². The molecule has 3 rings (SSSR count). The van der Waals surface area contributed by atoms with Gasteiger partial charge in [-0.2, -0.15) is 0 Å². The highest BCUT2D eigenvalue weighted by atomic mass is 35.5. The SMILES string of the molecule is Cl.NC(C=O)(c1ccc(OC2CCOC2)cc1)c1ccc(Cl)c(Cl)c1. The molecule has 2 aromatic carbocycles. The zero-order chi connectivity index (χ0) is 17.2. The number of rotatable bonds is 5. The highest BCUT2D eigenvalue weighted by molar-refractivity contribution is 6.42. The van der Waals surface area contributed by atoms with Gasteiger partial charge < -0.3 is 20.0 Å². The molecule has 2 N–H and O–H groups in total. The van der Waals surface area contributed by atoms with Crippen LogP contribution in [0.15, 0.2) is 42.5 Å². The highest BCUT2D eigenvalue weighted by Crippen LogP contribution is 2.31. The molecule has 1 aliphatic heterocycles. The van der Waals surface area contributed by atoms with Crippen molar-refractivity contribution in [2.24, 2.45) is 5.73 Å². The molecular weight excluding hydrogens is 385 g/mol. The Bertz CT molecular complexity index is 733. The second kappa shape index (κ2) is 8.39. The van der Waals surface area contributed by atoms with Gasteiger partial charge in [-0.05, 0) is 35.4 Å². The second-order valence-corrected chi connectivity index (χ2v) is 6.56. The van der Waals surface area contributed by atoms with Gasteiger partial charge in [-0.25, -0.2) is 0 Å². The van der Waals surface area contributed by atoms with Crippen LogP contribution in [0.2, 0.25) is 10.0 Å². The number of benzene rings is 2. The molecule has 0 saturated carbocycles. The van der Waals surface area contributed by atoms with Crippen LogP contribution in [-0.4, -0.2) is 25.6 Å². The molecule has 0 spiro atoms. The third-order valence-corrected chi connectivity index (χ3v) is 4.84. The van der Waals surface area contributed by atoms with E-state index in [1.54, 1.807) is 42.5 Å². The van der Waals surface area contributed by atoms with Crippen LogP contribution in [0.4, 0.5) is 0 Å². The minimum absolute atomic E-state index is 0. The number of carbonyl (C=O) groups excluding carboxylic acids is 1. The highest BCUT2D eigenvalue weighted by Gasteiger charge is 2.30. The van der Waals surface area contributed by atoms with Gasteiger partial charge in [0.15, 0.2) is 0 Å². The Morgan fingerprint density at radius 2 is 1.80 bits per heavy atom. The van der Waals surface area contributed by atoms with Crippen LogP contribution in [0.25, 0.3) is 0 Å². The van der Waals surface area contributed by atoms with Crippen molar-refractivity contribution in [1.82, 2.24) is 0 Å². The molecule has 1 heterocycles. The van der Waals surface area contributed by atoms with Crippen molar-refractivity contribution in [2.75, 3.05) is 13.2 Å². The Morgan fingerprint density at radius 3 is 2.36 bits per heavy atom. The average molecular weight is 403 g/mol. The van der Waals surface area contributed by atoms with Crippen molar-refractivity contribution in [3.05, 3.63) is 63.6 Å². The van der Waals surface area contributed by atoms with Crippen molar-refractivity contribution in [2.45, 2.75) is 18.1 Å². The smallest absolute Gasteiger partial charge is 0.148 e. The fraction of sp³-hybridized carbons (Fsp3) is 0.278. The summed E-state index contributed by atoms with van der Waals surface area (Å²) >= 11 is 12.0. The standard InChI is InChI=1S/C18H17Cl2NO3.ClH/c19-16-6-3-13(9-17(16)20)18(21,11-22)12-1-4-14(5-2-12)24-15-7-8-23-10-15;/h1-6,9,11,15H,7-8,10,21H2;1H. The fourth-order valence-corrected chi connectivity index (χ4v) is 2.96. The molecule has 25 heavy (non-hydrogen) atoms. The second-order valence-electron chi connectivity index (χ2n) is 5.74. The first-order valence-electron chi connectivity index (χ1n) is 7.58. The summed E-state index contributed by atoms with van der Waals surface area (Å²) in [4.78, 5) is 11.7. The molecule has 0 aliphatic carbocycles. The number of aldehydes is 1. The predicted octanol–water partition coefficient (Wildman–Crippen LogP) is 3.98. The van der Waals surface area contributed by atoms with Gasteiger partial charge in [0.1, 0.15) is 23.7 Å². The van der Waals surface area contributed by atoms with Gasteiger partial charge in [0, 0.05) is 6.42 Å². The molecule has 2 unspecified atom stereocenters. The molecular formula is C18H18Cl3NO3. The summed E-state index contributed by atoms with van der Waals surface area (Å²) in [5, 5.41) is 0.767. The van der Waals surface area contributed by atoms with Crippen LogP contribution in [0.1, 0.15) is 17.5 Å². The third-order valence-electron chi connectivity index (χ3n) is 4.11. The van der Waals surface area contributed by atoms with Crippen molar-refractivity contribution < 1.29 is 14.3 Å². The Labute approximate surface area is 162 Å². The number of halogens is 3. The van der Waals surface area contributed by atoms with E-state index >= 15 is 0 Å². The maximum Gasteiger partial charge on any atom is 0.148 e. The van der Waals surface area contributed by atoms with Crippen molar-refractivity contribution >= 4 is 41.9 Å². The lowest BCUT2D eigenvalue weighted by Crippen LogP contribution is -2.39. The summed E-state index contributed by atoms with van der Waals surface area (Å²) in [5.41, 5.74) is 6.26. The molecule has 0 radical (unpaired) electrons. The Kier molecular flexibility index (Phi) is 6.72. The summed E-state index contributed by atoms with van der Waals surface area (Å²) in [5.74, 6) is 0.719. The summed E-state index contributed by atoms with van der Waals surface area (Å²) in [6.45, 7) is 1.32. The van der Waals surface area contributed by atoms with E-state index in [0.717, 1.165) is 18.8 Å². The zero-order valence-corrected chi connectivity index (χ0v) is 15.6. The zero-order valence-electron chi connectivity index (χ0n) is 13.3. The lowest BCUT2D eigenvalue weighted by atomic mass is 9.85. The van der Waals surface area contributed by atoms with E-state index in [1.807, 2.05) is 0 Å². The predicted molar refractivity (Wildman–Crippen MR) is 101 cm³/mol. The van der Waals surface area contributed by atoms with E-state index < -0.39 is 5.54 Å². The van der Waals surface area contributed by atoms with Crippen LogP contribution >= 0.6 is 35.6 Å². The van der Waals surface area contributed by atoms with Gasteiger partial charge in [0.25, 0.3) is 0 Å². The number of hydrogen-bond donors (Lipinski definition) is 1. The van der Waals surface area contributed by atoms with E-state index in [0.29, 0.717) is 34.1 Å². The van der Waals surface area contributed by atoms with Crippen LogP contribution in [0.5, 0.6) is 5.75 Å². The topological polar surface area (TPSA) is 61.6 Å². The summed E-state index contributed by atoms with van der Waals surface area (Å²) in [6.07, 6.45) is 1.65. The first-order chi connectivity index (χ1) is 11.5. The van der Waals surface area contributed by atoms with Gasteiger partial charge >= 0.3 is 0 Å². The van der Waals surface area contributed by atoms with Crippen molar-refractivity contribution in [3.63, 3.8) is 0 Å². The number of carbonyl (C=O) groups is 1. The maximum atomic E-state index is 11.7. The van der Waals surface area contributed by atoms with E-state index in [4.69, 9.17) is 38.4 Å². The lowest BCUT2D eigenvalue weighted by molar-refractivity contribution is -0.111. The third kappa shape index (κ3) is 4.27. The molecule has 1 aliphatic rings. The summed E-state index contributed by atoms with van der Waals surface area (Å²) < 4.78 is 11.1. The van der Waals surface area contributed by atoms with Crippen LogP contribution in [0.3, 0.4) is 0 Å². The largest absolute Gasteiger partial charge is 0.488 e. The number of ether oxygens (including phenoxy) is 2. The first-order valence-corrected chi connectivity index (χ1v) is 8.34. The molecule has 4 nitrogen and oxygen atoms in total. The number of hydrogen-bond acceptors (Lipinski definition) is 4. The summed E-state index contributed by atoms with van der Waals surface area (Å²) in [6, 6.07) is 12.1. The first kappa shape index (κ1) is 20.0. The Morgan fingerprint density at radius 1 is 1.12 bits per heavy atom. The van der Waals surface area contributed by atoms with E-state index in [9.17, 15) is 4.79 Å². The van der Waals surface area contributed by atoms with E-state index in [2.05, 4.69) is 0 Å². The molecule has 1 fully saturated rings. The molecule has 2 atom stereocenters. The van der Waals surface area contributed by atoms with Gasteiger partial charge in [-0.15, -0.1) is 12.4 Å². The number of nitrogens with two attached hydrogens (primary N) is 1. The molecule has 134 valence electrons. The maximum absolute atomic E-state index is 11.7. The molecule has 0 bridgehead atoms. The normalized spacial score (nSPS) is 18.9. The van der Waals surface area contributed by atoms with Crippen LogP contribution in [0, 0.1) is 0 Å². The monoisotopic (exact) mass is 401 g/mol. The Balaban J connectivity index is 0.00000225. The van der Waals surface area contributed by atoms with Crippen molar-refractivity contribution in [1.29, 1.82) is 0 Å². The van der Waals surface area contributed by atoms with Gasteiger partial charge in [-0.1, -0.05) is 41.4 Å². The molecule has 2 aromatic rings. The quantitative estimate of drug-likeness (QED) is 0.768. The molecule has 7 heteroatoms. The molecule has 0 amide bonds. The van der Waals surface area contributed by atoms with Crippen LogP contribution < -0.4 is 10.5 Å². The van der Waals surface area contributed by atoms with Crippen molar-refractivity contribution in [3.8, 4) is 5.75 Å². The fourth-order valence-electron chi connectivity index (χ4n) is 2.66. The molecule has 0 aromatic heterocycles. The lowest BCUT2D eigenvalue weighted by Gasteiger charge is -2.25. The Hall–Kier alpha value is -1.30. The van der Waals surface area contributed by atoms with E-state index in [-0.39, 0.29) is 18.5 Å². The van der Waals surface area contributed by atoms with Gasteiger partial charge in [0.2, 0.25) is 0 Å². The van der Waals surface area contributed by atoms with Gasteiger partial charge in [0.05, 0.1) is 23.3 Å². The average Bonchev–Trinajstić information content (AvgIpc) is 3.10.